The average molecular weight is 263 g/mol. The number of likely N-dealkylation sites (tertiary alicyclic amines) is 1. The summed E-state index contributed by atoms with van der Waals surface area (Å²) in [6.07, 6.45) is 3.49. The number of nitrogens with zero attached hydrogens (tertiary/aromatic N) is 2. The van der Waals surface area contributed by atoms with E-state index in [2.05, 4.69) is 29.2 Å². The number of pyridine rings is 1. The van der Waals surface area contributed by atoms with Crippen LogP contribution in [0.5, 0.6) is 5.88 Å². The van der Waals surface area contributed by atoms with E-state index in [1.165, 1.54) is 0 Å². The Morgan fingerprint density at radius 2 is 2.11 bits per heavy atom. The van der Waals surface area contributed by atoms with Crippen LogP contribution in [0.25, 0.3) is 0 Å². The van der Waals surface area contributed by atoms with Gasteiger partial charge in [0.2, 0.25) is 5.88 Å². The van der Waals surface area contributed by atoms with E-state index in [0.29, 0.717) is 11.4 Å². The predicted octanol–water partition coefficient (Wildman–Crippen LogP) is 1.30. The number of piperidine rings is 1. The molecule has 0 radical (unpaired) electrons. The zero-order valence-electron chi connectivity index (χ0n) is 11.8. The Bertz CT molecular complexity index is 437. The molecular weight excluding hydrogens is 242 g/mol. The van der Waals surface area contributed by atoms with Gasteiger partial charge in [-0.3, -0.25) is 4.79 Å². The van der Waals surface area contributed by atoms with Crippen molar-refractivity contribution >= 4 is 5.91 Å². The molecule has 1 N–H and O–H groups in total. The van der Waals surface area contributed by atoms with E-state index in [1.807, 2.05) is 0 Å². The van der Waals surface area contributed by atoms with Crippen LogP contribution in [-0.2, 0) is 0 Å². The molecular formula is C14H21N3O2. The number of rotatable bonds is 3. The van der Waals surface area contributed by atoms with Gasteiger partial charge in [0.05, 0.1) is 12.7 Å². The van der Waals surface area contributed by atoms with Gasteiger partial charge in [-0.15, -0.1) is 0 Å². The molecule has 0 aliphatic carbocycles. The fourth-order valence-electron chi connectivity index (χ4n) is 2.22. The van der Waals surface area contributed by atoms with Gasteiger partial charge in [0, 0.05) is 30.9 Å². The summed E-state index contributed by atoms with van der Waals surface area (Å²) >= 11 is 0. The minimum Gasteiger partial charge on any atom is -0.481 e. The Kier molecular flexibility index (Phi) is 4.04. The van der Waals surface area contributed by atoms with Crippen LogP contribution in [0.1, 0.15) is 30.1 Å². The Labute approximate surface area is 114 Å². The third-order valence-corrected chi connectivity index (χ3v) is 3.71. The highest BCUT2D eigenvalue weighted by Crippen LogP contribution is 2.21. The fraction of sp³-hybridized carbons (Fsp3) is 0.571. The fourth-order valence-corrected chi connectivity index (χ4v) is 2.22. The van der Waals surface area contributed by atoms with Crippen molar-refractivity contribution in [3.05, 3.63) is 23.9 Å². The number of carbonyl (C=O) groups is 1. The minimum absolute atomic E-state index is 0.0674. The van der Waals surface area contributed by atoms with Gasteiger partial charge in [-0.2, -0.15) is 0 Å². The summed E-state index contributed by atoms with van der Waals surface area (Å²) in [6, 6.07) is 3.44. The first kappa shape index (κ1) is 13.8. The van der Waals surface area contributed by atoms with Crippen LogP contribution in [0.3, 0.4) is 0 Å². The van der Waals surface area contributed by atoms with Gasteiger partial charge >= 0.3 is 0 Å². The maximum absolute atomic E-state index is 12.2. The average Bonchev–Trinajstić information content (AvgIpc) is 2.42. The van der Waals surface area contributed by atoms with Crippen LogP contribution in [0.15, 0.2) is 18.3 Å². The summed E-state index contributed by atoms with van der Waals surface area (Å²) in [5.41, 5.74) is 0.449. The minimum atomic E-state index is -0.122. The number of nitrogens with one attached hydrogen (secondary N) is 1. The molecule has 0 atom stereocenters. The summed E-state index contributed by atoms with van der Waals surface area (Å²) in [7, 11) is 3.66. The number of hydrogen-bond donors (Lipinski definition) is 1. The molecule has 1 amide bonds. The lowest BCUT2D eigenvalue weighted by atomic mass is 9.89. The molecule has 0 unspecified atom stereocenters. The van der Waals surface area contributed by atoms with Crippen molar-refractivity contribution < 1.29 is 9.53 Å². The van der Waals surface area contributed by atoms with Gasteiger partial charge in [0.1, 0.15) is 0 Å². The maximum atomic E-state index is 12.2. The highest BCUT2D eigenvalue weighted by molar-refractivity contribution is 5.94. The molecule has 19 heavy (non-hydrogen) atoms. The quantitative estimate of drug-likeness (QED) is 0.893. The SMILES string of the molecule is COc1ccc(C(=O)NC2(C)CCN(C)CC2)cn1. The molecule has 0 spiro atoms. The van der Waals surface area contributed by atoms with E-state index >= 15 is 0 Å². The van der Waals surface area contributed by atoms with Crippen molar-refractivity contribution in [1.29, 1.82) is 0 Å². The summed E-state index contributed by atoms with van der Waals surface area (Å²) in [4.78, 5) is 18.5. The first-order valence-corrected chi connectivity index (χ1v) is 6.53. The highest BCUT2D eigenvalue weighted by Gasteiger charge is 2.30. The molecule has 5 nitrogen and oxygen atoms in total. The second-order valence-corrected chi connectivity index (χ2v) is 5.41. The van der Waals surface area contributed by atoms with E-state index in [4.69, 9.17) is 4.74 Å². The van der Waals surface area contributed by atoms with Crippen molar-refractivity contribution in [3.63, 3.8) is 0 Å². The van der Waals surface area contributed by atoms with Crippen LogP contribution in [0.2, 0.25) is 0 Å². The number of aromatic nitrogens is 1. The van der Waals surface area contributed by atoms with Gasteiger partial charge in [-0.25, -0.2) is 4.98 Å². The monoisotopic (exact) mass is 263 g/mol. The normalized spacial score (nSPS) is 18.9. The van der Waals surface area contributed by atoms with Crippen LogP contribution >= 0.6 is 0 Å². The van der Waals surface area contributed by atoms with E-state index < -0.39 is 0 Å². The summed E-state index contributed by atoms with van der Waals surface area (Å²) < 4.78 is 4.98. The number of amides is 1. The van der Waals surface area contributed by atoms with E-state index in [9.17, 15) is 4.79 Å². The zero-order valence-corrected chi connectivity index (χ0v) is 11.8. The Morgan fingerprint density at radius 3 is 2.63 bits per heavy atom. The standard InChI is InChI=1S/C14H21N3O2/c1-14(6-8-17(2)9-7-14)16-13(18)11-4-5-12(19-3)15-10-11/h4-5,10H,6-9H2,1-3H3,(H,16,18). The summed E-state index contributed by atoms with van der Waals surface area (Å²) in [6.45, 7) is 4.13. The molecule has 5 heteroatoms. The molecule has 1 saturated heterocycles. The molecule has 2 heterocycles. The van der Waals surface area contributed by atoms with Crippen LogP contribution < -0.4 is 10.1 Å². The smallest absolute Gasteiger partial charge is 0.253 e. The Morgan fingerprint density at radius 1 is 1.42 bits per heavy atom. The predicted molar refractivity (Wildman–Crippen MR) is 73.4 cm³/mol. The van der Waals surface area contributed by atoms with Crippen LogP contribution in [-0.4, -0.2) is 48.6 Å². The lowest BCUT2D eigenvalue weighted by Crippen LogP contribution is -2.52. The van der Waals surface area contributed by atoms with Crippen LogP contribution in [0.4, 0.5) is 0 Å². The van der Waals surface area contributed by atoms with Gasteiger partial charge < -0.3 is 15.0 Å². The van der Waals surface area contributed by atoms with Crippen molar-refractivity contribution in [3.8, 4) is 5.88 Å². The molecule has 1 aromatic rings. The van der Waals surface area contributed by atoms with E-state index in [1.54, 1.807) is 25.4 Å². The Balaban J connectivity index is 1.99. The second kappa shape index (κ2) is 5.57. The third kappa shape index (κ3) is 3.44. The van der Waals surface area contributed by atoms with Gasteiger partial charge in [-0.05, 0) is 32.9 Å². The molecule has 0 aromatic carbocycles. The highest BCUT2D eigenvalue weighted by atomic mass is 16.5. The number of hydrogen-bond acceptors (Lipinski definition) is 4. The second-order valence-electron chi connectivity index (χ2n) is 5.41. The van der Waals surface area contributed by atoms with Gasteiger partial charge in [-0.1, -0.05) is 0 Å². The van der Waals surface area contributed by atoms with Crippen molar-refractivity contribution in [1.82, 2.24) is 15.2 Å². The van der Waals surface area contributed by atoms with Gasteiger partial charge in [0.15, 0.2) is 0 Å². The summed E-state index contributed by atoms with van der Waals surface area (Å²) in [5.74, 6) is 0.448. The lowest BCUT2D eigenvalue weighted by molar-refractivity contribution is 0.0851. The first-order chi connectivity index (χ1) is 9.02. The number of carbonyl (C=O) groups excluding carboxylic acids is 1. The molecule has 1 fully saturated rings. The summed E-state index contributed by atoms with van der Waals surface area (Å²) in [5, 5.41) is 3.12. The number of ether oxygens (including phenoxy) is 1. The molecule has 0 saturated carbocycles. The molecule has 1 aromatic heterocycles. The maximum Gasteiger partial charge on any atom is 0.253 e. The Hall–Kier alpha value is -1.62. The molecule has 104 valence electrons. The topological polar surface area (TPSA) is 54.5 Å². The van der Waals surface area contributed by atoms with Crippen molar-refractivity contribution in [2.45, 2.75) is 25.3 Å². The van der Waals surface area contributed by atoms with Gasteiger partial charge in [0.25, 0.3) is 5.91 Å². The lowest BCUT2D eigenvalue weighted by Gasteiger charge is -2.38. The molecule has 1 aliphatic rings. The third-order valence-electron chi connectivity index (χ3n) is 3.71. The van der Waals surface area contributed by atoms with E-state index in [-0.39, 0.29) is 11.4 Å². The van der Waals surface area contributed by atoms with E-state index in [0.717, 1.165) is 25.9 Å². The largest absolute Gasteiger partial charge is 0.481 e. The first-order valence-electron chi connectivity index (χ1n) is 6.53. The molecule has 0 bridgehead atoms. The van der Waals surface area contributed by atoms with Crippen molar-refractivity contribution in [2.75, 3.05) is 27.2 Å². The van der Waals surface area contributed by atoms with Crippen LogP contribution in [0, 0.1) is 0 Å². The molecule has 2 rings (SSSR count). The van der Waals surface area contributed by atoms with Crippen molar-refractivity contribution in [2.24, 2.45) is 0 Å². The zero-order chi connectivity index (χ0) is 13.9. The number of methoxy groups -OCH3 is 1. The molecule has 1 aliphatic heterocycles.